The van der Waals surface area contributed by atoms with Crippen LogP contribution in [0.4, 0.5) is 26.4 Å². The number of carboxylic acid groups (broad SMARTS) is 1. The van der Waals surface area contributed by atoms with E-state index in [2.05, 4.69) is 30.3 Å². The predicted octanol–water partition coefficient (Wildman–Crippen LogP) is 1.73. The Labute approximate surface area is 214 Å². The fourth-order valence-corrected chi connectivity index (χ4v) is 4.02. The topological polar surface area (TPSA) is 160 Å². The maximum Gasteiger partial charge on any atom is 0.344 e. The van der Waals surface area contributed by atoms with Crippen LogP contribution < -0.4 is 20.7 Å². The number of rotatable bonds is 9. The van der Waals surface area contributed by atoms with Crippen LogP contribution in [0.5, 0.6) is 5.75 Å². The van der Waals surface area contributed by atoms with Crippen molar-refractivity contribution in [3.63, 3.8) is 0 Å². The first-order valence-corrected chi connectivity index (χ1v) is 11.8. The van der Waals surface area contributed by atoms with Crippen molar-refractivity contribution >= 4 is 29.3 Å². The molecule has 0 spiro atoms. The SMILES string of the molecule is C[C@@H](Oc1cc(N2CCN(CCNc3nc(N)n4nc(-c5ccco5)nc4n3)CC2)c(F)cc1F)C(=O)O. The van der Waals surface area contributed by atoms with Gasteiger partial charge in [-0.25, -0.2) is 13.6 Å². The summed E-state index contributed by atoms with van der Waals surface area (Å²) in [5.74, 6) is -1.69. The van der Waals surface area contributed by atoms with E-state index in [0.29, 0.717) is 62.9 Å². The minimum Gasteiger partial charge on any atom is -0.479 e. The number of nitrogens with one attached hydrogen (secondary N) is 1. The number of carbonyl (C=O) groups is 1. The second kappa shape index (κ2) is 10.5. The highest BCUT2D eigenvalue weighted by Crippen LogP contribution is 2.29. The van der Waals surface area contributed by atoms with Crippen LogP contribution in [0.3, 0.4) is 0 Å². The van der Waals surface area contributed by atoms with Gasteiger partial charge in [0.2, 0.25) is 17.7 Å². The molecule has 5 rings (SSSR count). The zero-order valence-electron chi connectivity index (χ0n) is 20.3. The Kier molecular flexibility index (Phi) is 6.91. The first-order chi connectivity index (χ1) is 18.3. The molecule has 4 heterocycles. The first-order valence-electron chi connectivity index (χ1n) is 11.8. The van der Waals surface area contributed by atoms with Gasteiger partial charge in [-0.2, -0.15) is 19.5 Å². The number of ether oxygens (including phenoxy) is 1. The number of piperazine rings is 1. The second-order valence-corrected chi connectivity index (χ2v) is 8.62. The van der Waals surface area contributed by atoms with Gasteiger partial charge in [-0.15, -0.1) is 5.10 Å². The molecule has 1 aromatic carbocycles. The largest absolute Gasteiger partial charge is 0.479 e. The molecule has 0 radical (unpaired) electrons. The number of halogens is 2. The van der Waals surface area contributed by atoms with Gasteiger partial charge < -0.3 is 30.2 Å². The molecular formula is C23H25F2N9O4. The molecule has 0 saturated carbocycles. The number of aliphatic carboxylic acids is 1. The molecule has 13 nitrogen and oxygen atoms in total. The van der Waals surface area contributed by atoms with E-state index in [1.165, 1.54) is 23.8 Å². The lowest BCUT2D eigenvalue weighted by molar-refractivity contribution is -0.144. The molecule has 0 aliphatic carbocycles. The van der Waals surface area contributed by atoms with Crippen LogP contribution >= 0.6 is 0 Å². The van der Waals surface area contributed by atoms with Gasteiger partial charge in [0.15, 0.2) is 23.4 Å². The van der Waals surface area contributed by atoms with E-state index < -0.39 is 23.7 Å². The molecule has 15 heteroatoms. The van der Waals surface area contributed by atoms with Crippen molar-refractivity contribution in [3.8, 4) is 17.3 Å². The van der Waals surface area contributed by atoms with E-state index in [4.69, 9.17) is 20.0 Å². The molecule has 0 amide bonds. The van der Waals surface area contributed by atoms with Gasteiger partial charge in [-0.1, -0.05) is 0 Å². The van der Waals surface area contributed by atoms with Gasteiger partial charge >= 0.3 is 5.97 Å². The molecule has 1 aliphatic rings. The van der Waals surface area contributed by atoms with E-state index >= 15 is 0 Å². The number of fused-ring (bicyclic) bond motifs is 1. The van der Waals surface area contributed by atoms with Crippen LogP contribution in [-0.2, 0) is 4.79 Å². The molecule has 200 valence electrons. The quantitative estimate of drug-likeness (QED) is 0.288. The van der Waals surface area contributed by atoms with Crippen molar-refractivity contribution in [1.82, 2.24) is 29.5 Å². The standard InChI is InChI=1S/C23H25F2N9O4/c1-13(20(35)36)38-18-12-16(14(24)11-15(18)25)33-8-6-32(7-9-33)5-4-27-22-29-21(26)34-23(30-22)28-19(31-34)17-3-2-10-37-17/h2-3,10-13H,4-9H2,1H3,(H,35,36)(H3,26,27,28,29,30,31)/t13-/m1/s1. The normalized spacial score (nSPS) is 15.1. The smallest absolute Gasteiger partial charge is 0.344 e. The second-order valence-electron chi connectivity index (χ2n) is 8.62. The molecule has 1 atom stereocenters. The number of anilines is 3. The van der Waals surface area contributed by atoms with E-state index in [-0.39, 0.29) is 23.2 Å². The van der Waals surface area contributed by atoms with E-state index in [1.807, 2.05) is 0 Å². The zero-order valence-corrected chi connectivity index (χ0v) is 20.3. The fourth-order valence-electron chi connectivity index (χ4n) is 4.02. The fraction of sp³-hybridized carbons (Fsp3) is 0.348. The molecule has 38 heavy (non-hydrogen) atoms. The summed E-state index contributed by atoms with van der Waals surface area (Å²) in [6.45, 7) is 4.67. The van der Waals surface area contributed by atoms with Crippen LogP contribution in [0, 0.1) is 11.6 Å². The molecule has 1 saturated heterocycles. The average Bonchev–Trinajstić information content (AvgIpc) is 3.57. The van der Waals surface area contributed by atoms with Gasteiger partial charge in [0.25, 0.3) is 5.78 Å². The number of carboxylic acids is 1. The number of nitrogens with two attached hydrogens (primary N) is 1. The molecule has 4 N–H and O–H groups in total. The lowest BCUT2D eigenvalue weighted by atomic mass is 10.2. The molecule has 4 aromatic rings. The highest BCUT2D eigenvalue weighted by atomic mass is 19.1. The van der Waals surface area contributed by atoms with Crippen LogP contribution in [0.1, 0.15) is 6.92 Å². The predicted molar refractivity (Wildman–Crippen MR) is 132 cm³/mol. The van der Waals surface area contributed by atoms with Crippen molar-refractivity contribution in [2.45, 2.75) is 13.0 Å². The third-order valence-electron chi connectivity index (χ3n) is 6.05. The molecule has 1 aliphatic heterocycles. The number of benzene rings is 1. The van der Waals surface area contributed by atoms with Crippen molar-refractivity contribution in [3.05, 3.63) is 42.2 Å². The van der Waals surface area contributed by atoms with Gasteiger partial charge in [-0.3, -0.25) is 4.90 Å². The highest BCUT2D eigenvalue weighted by Gasteiger charge is 2.23. The Bertz CT molecular complexity index is 1440. The maximum atomic E-state index is 14.5. The van der Waals surface area contributed by atoms with Gasteiger partial charge in [-0.05, 0) is 19.1 Å². The number of nitrogen functional groups attached to an aromatic ring is 1. The van der Waals surface area contributed by atoms with Crippen molar-refractivity contribution in [1.29, 1.82) is 0 Å². The first kappa shape index (κ1) is 25.1. The summed E-state index contributed by atoms with van der Waals surface area (Å²) in [5.41, 5.74) is 6.18. The lowest BCUT2D eigenvalue weighted by Crippen LogP contribution is -2.48. The molecular weight excluding hydrogens is 504 g/mol. The minimum atomic E-state index is -1.27. The Hall–Kier alpha value is -4.53. The Morgan fingerprint density at radius 1 is 1.21 bits per heavy atom. The maximum absolute atomic E-state index is 14.5. The summed E-state index contributed by atoms with van der Waals surface area (Å²) in [6.07, 6.45) is 0.253. The number of aromatic nitrogens is 5. The summed E-state index contributed by atoms with van der Waals surface area (Å²) in [5, 5.41) is 16.4. The van der Waals surface area contributed by atoms with Crippen molar-refractivity contribution < 1.29 is 27.8 Å². The number of nitrogens with zero attached hydrogens (tertiary/aromatic N) is 7. The average molecular weight is 530 g/mol. The Balaban J connectivity index is 1.16. The summed E-state index contributed by atoms with van der Waals surface area (Å²) < 4.78 is 40.4. The Morgan fingerprint density at radius 3 is 2.71 bits per heavy atom. The van der Waals surface area contributed by atoms with Crippen LogP contribution in [-0.4, -0.2) is 85.9 Å². The zero-order chi connectivity index (χ0) is 26.8. The van der Waals surface area contributed by atoms with Gasteiger partial charge in [0.1, 0.15) is 5.82 Å². The molecule has 0 unspecified atom stereocenters. The monoisotopic (exact) mass is 529 g/mol. The summed E-state index contributed by atoms with van der Waals surface area (Å²) in [7, 11) is 0. The van der Waals surface area contributed by atoms with E-state index in [1.54, 1.807) is 17.0 Å². The van der Waals surface area contributed by atoms with Crippen molar-refractivity contribution in [2.24, 2.45) is 0 Å². The third kappa shape index (κ3) is 5.27. The van der Waals surface area contributed by atoms with Crippen LogP contribution in [0.25, 0.3) is 17.4 Å². The number of hydrogen-bond donors (Lipinski definition) is 3. The molecule has 0 bridgehead atoms. The van der Waals surface area contributed by atoms with Gasteiger partial charge in [0.05, 0.1) is 12.0 Å². The molecule has 1 fully saturated rings. The van der Waals surface area contributed by atoms with Crippen molar-refractivity contribution in [2.75, 3.05) is 55.2 Å². The number of hydrogen-bond acceptors (Lipinski definition) is 11. The lowest BCUT2D eigenvalue weighted by Gasteiger charge is -2.36. The summed E-state index contributed by atoms with van der Waals surface area (Å²) in [6, 6.07) is 5.38. The van der Waals surface area contributed by atoms with Crippen LogP contribution in [0.15, 0.2) is 34.9 Å². The van der Waals surface area contributed by atoms with E-state index in [9.17, 15) is 13.6 Å². The summed E-state index contributed by atoms with van der Waals surface area (Å²) >= 11 is 0. The Morgan fingerprint density at radius 2 is 2.00 bits per heavy atom. The molecule has 3 aromatic heterocycles. The number of furan rings is 1. The summed E-state index contributed by atoms with van der Waals surface area (Å²) in [4.78, 5) is 27.9. The van der Waals surface area contributed by atoms with Gasteiger partial charge in [0, 0.05) is 51.4 Å². The van der Waals surface area contributed by atoms with Crippen LogP contribution in [0.2, 0.25) is 0 Å². The van der Waals surface area contributed by atoms with E-state index in [0.717, 1.165) is 0 Å². The third-order valence-corrected chi connectivity index (χ3v) is 6.05. The minimum absolute atomic E-state index is 0.124. The highest BCUT2D eigenvalue weighted by molar-refractivity contribution is 5.72.